The fraction of sp³-hybridized carbons (Fsp3) is 0.0889. The Morgan fingerprint density at radius 3 is 1.65 bits per heavy atom. The van der Waals surface area contributed by atoms with Gasteiger partial charge >= 0.3 is 0 Å². The summed E-state index contributed by atoms with van der Waals surface area (Å²) in [5.74, 6) is 2.83. The summed E-state index contributed by atoms with van der Waals surface area (Å²) in [6.07, 6.45) is 0. The molecule has 6 nitrogen and oxygen atoms in total. The van der Waals surface area contributed by atoms with Crippen molar-refractivity contribution in [2.45, 2.75) is 26.2 Å². The molecule has 0 N–H and O–H groups in total. The maximum absolute atomic E-state index is 9.24. The van der Waals surface area contributed by atoms with Crippen molar-refractivity contribution in [3.8, 4) is 68.2 Å². The second-order valence-corrected chi connectivity index (χ2v) is 13.6. The molecule has 244 valence electrons. The van der Waals surface area contributed by atoms with E-state index in [-0.39, 0.29) is 5.41 Å². The van der Waals surface area contributed by atoms with E-state index in [9.17, 15) is 5.26 Å². The lowest BCUT2D eigenvalue weighted by Crippen LogP contribution is -2.18. The monoisotopic (exact) mass is 658 g/mol. The van der Waals surface area contributed by atoms with E-state index in [1.165, 1.54) is 0 Å². The Balaban J connectivity index is 1.17. The predicted molar refractivity (Wildman–Crippen MR) is 205 cm³/mol. The van der Waals surface area contributed by atoms with Crippen LogP contribution in [0, 0.1) is 11.3 Å². The molecule has 0 saturated carbocycles. The van der Waals surface area contributed by atoms with Crippen molar-refractivity contribution >= 4 is 11.0 Å². The van der Waals surface area contributed by atoms with E-state index in [2.05, 4.69) is 110 Å². The van der Waals surface area contributed by atoms with Crippen molar-refractivity contribution in [2.24, 2.45) is 0 Å². The Labute approximate surface area is 297 Å². The quantitative estimate of drug-likeness (QED) is 0.178. The zero-order valence-electron chi connectivity index (χ0n) is 28.6. The van der Waals surface area contributed by atoms with Crippen LogP contribution in [0.25, 0.3) is 73.1 Å². The average Bonchev–Trinajstić information content (AvgIpc) is 3.59. The molecule has 0 radical (unpaired) electrons. The summed E-state index contributed by atoms with van der Waals surface area (Å²) in [6.45, 7) is 6.61. The molecule has 6 aromatic carbocycles. The first-order valence-electron chi connectivity index (χ1n) is 17.0. The number of hydrogen-bond acceptors (Lipinski definition) is 5. The number of hydrogen-bond donors (Lipinski definition) is 0. The van der Waals surface area contributed by atoms with E-state index in [0.717, 1.165) is 61.5 Å². The van der Waals surface area contributed by atoms with Crippen molar-refractivity contribution in [2.75, 3.05) is 0 Å². The Morgan fingerprint density at radius 2 is 0.980 bits per heavy atom. The fourth-order valence-corrected chi connectivity index (χ4v) is 6.35. The van der Waals surface area contributed by atoms with Crippen LogP contribution in [0.2, 0.25) is 0 Å². The van der Waals surface area contributed by atoms with Crippen LogP contribution in [0.4, 0.5) is 0 Å². The van der Waals surface area contributed by atoms with Crippen LogP contribution in [0.15, 0.2) is 152 Å². The van der Waals surface area contributed by atoms with Crippen LogP contribution in [0.1, 0.15) is 32.2 Å². The Bertz CT molecular complexity index is 2550. The fourth-order valence-electron chi connectivity index (χ4n) is 6.35. The first kappa shape index (κ1) is 31.6. The van der Waals surface area contributed by atoms with E-state index < -0.39 is 0 Å². The molecule has 51 heavy (non-hydrogen) atoms. The van der Waals surface area contributed by atoms with Crippen molar-refractivity contribution < 1.29 is 0 Å². The second kappa shape index (κ2) is 13.0. The number of benzene rings is 6. The molecule has 6 heteroatoms. The zero-order valence-corrected chi connectivity index (χ0v) is 28.6. The van der Waals surface area contributed by atoms with Gasteiger partial charge < -0.3 is 0 Å². The Hall–Kier alpha value is -6.71. The van der Waals surface area contributed by atoms with E-state index >= 15 is 0 Å². The normalized spacial score (nSPS) is 11.4. The smallest absolute Gasteiger partial charge is 0.164 e. The number of para-hydroxylation sites is 2. The van der Waals surface area contributed by atoms with Gasteiger partial charge in [-0.05, 0) is 64.7 Å². The van der Waals surface area contributed by atoms with Crippen LogP contribution in [0.3, 0.4) is 0 Å². The third-order valence-electron chi connectivity index (χ3n) is 8.95. The molecular formula is C45H34N6. The van der Waals surface area contributed by atoms with Crippen LogP contribution in [-0.4, -0.2) is 24.5 Å². The van der Waals surface area contributed by atoms with Gasteiger partial charge in [0, 0.05) is 27.8 Å². The van der Waals surface area contributed by atoms with Gasteiger partial charge in [-0.2, -0.15) is 5.26 Å². The summed E-state index contributed by atoms with van der Waals surface area (Å²) in [6, 6.07) is 53.3. The van der Waals surface area contributed by atoms with Crippen molar-refractivity contribution in [3.05, 3.63) is 163 Å². The molecule has 0 aliphatic carbocycles. The third kappa shape index (κ3) is 6.29. The van der Waals surface area contributed by atoms with Gasteiger partial charge in [0.1, 0.15) is 5.82 Å². The number of aromatic nitrogens is 5. The molecular weight excluding hydrogens is 625 g/mol. The largest absolute Gasteiger partial charge is 0.296 e. The minimum absolute atomic E-state index is 0.135. The first-order valence-corrected chi connectivity index (χ1v) is 17.0. The van der Waals surface area contributed by atoms with Gasteiger partial charge in [0.25, 0.3) is 0 Å². The van der Waals surface area contributed by atoms with Crippen molar-refractivity contribution in [1.29, 1.82) is 5.26 Å². The Kier molecular flexibility index (Phi) is 8.02. The van der Waals surface area contributed by atoms with Gasteiger partial charge in [0.15, 0.2) is 17.5 Å². The van der Waals surface area contributed by atoms with Gasteiger partial charge in [-0.15, -0.1) is 0 Å². The van der Waals surface area contributed by atoms with Crippen LogP contribution >= 0.6 is 0 Å². The van der Waals surface area contributed by atoms with Crippen molar-refractivity contribution in [1.82, 2.24) is 24.5 Å². The molecule has 0 atom stereocenters. The van der Waals surface area contributed by atoms with Crippen LogP contribution in [0.5, 0.6) is 0 Å². The summed E-state index contributed by atoms with van der Waals surface area (Å²) < 4.78 is 2.28. The summed E-state index contributed by atoms with van der Waals surface area (Å²) in [5, 5.41) is 9.24. The highest BCUT2D eigenvalue weighted by Crippen LogP contribution is 2.33. The molecule has 0 fully saturated rings. The van der Waals surface area contributed by atoms with E-state index in [1.807, 2.05) is 72.8 Å². The molecule has 0 saturated heterocycles. The van der Waals surface area contributed by atoms with Crippen LogP contribution in [-0.2, 0) is 5.41 Å². The van der Waals surface area contributed by atoms with E-state index in [4.69, 9.17) is 19.9 Å². The van der Waals surface area contributed by atoms with Crippen molar-refractivity contribution in [3.63, 3.8) is 0 Å². The second-order valence-electron chi connectivity index (χ2n) is 13.6. The maximum Gasteiger partial charge on any atom is 0.164 e. The topological polar surface area (TPSA) is 80.3 Å². The molecule has 0 aliphatic heterocycles. The van der Waals surface area contributed by atoms with Gasteiger partial charge in [-0.25, -0.2) is 19.9 Å². The lowest BCUT2D eigenvalue weighted by molar-refractivity contribution is 0.539. The number of imidazole rings is 1. The minimum atomic E-state index is -0.135. The molecule has 2 heterocycles. The zero-order chi connectivity index (χ0) is 35.0. The molecule has 8 rings (SSSR count). The lowest BCUT2D eigenvalue weighted by Gasteiger charge is -2.20. The SMILES string of the molecule is CC(C)(C)c1nc2ccccc2n1-c1cccc(-c2ccc(-c3nc(-c4ccccc4)nc(-c4cccc(-c5ccc(C#N)cc5)c4)n3)cc2)c1. The molecule has 2 aromatic heterocycles. The average molecular weight is 659 g/mol. The maximum atomic E-state index is 9.24. The Morgan fingerprint density at radius 1 is 0.471 bits per heavy atom. The highest BCUT2D eigenvalue weighted by Gasteiger charge is 2.24. The molecule has 0 amide bonds. The standard InChI is InChI=1S/C45H34N6/c1-45(2,3)44-47-39-17-7-8-18-40(39)51(44)38-16-10-14-36(28-38)32-23-25-34(26-24-32)42-48-41(33-11-5-4-6-12-33)49-43(50-42)37-15-9-13-35(27-37)31-21-19-30(29-46)20-22-31/h4-28H,1-3H3. The molecule has 0 unspecified atom stereocenters. The molecule has 8 aromatic rings. The summed E-state index contributed by atoms with van der Waals surface area (Å²) in [4.78, 5) is 19.9. The number of nitrogens with zero attached hydrogens (tertiary/aromatic N) is 6. The first-order chi connectivity index (χ1) is 24.8. The van der Waals surface area contributed by atoms with Gasteiger partial charge in [0.2, 0.25) is 0 Å². The molecule has 0 aliphatic rings. The summed E-state index contributed by atoms with van der Waals surface area (Å²) >= 11 is 0. The van der Waals surface area contributed by atoms with Gasteiger partial charge in [-0.1, -0.05) is 130 Å². The molecule has 0 spiro atoms. The summed E-state index contributed by atoms with van der Waals surface area (Å²) in [7, 11) is 0. The highest BCUT2D eigenvalue weighted by molar-refractivity contribution is 5.80. The van der Waals surface area contributed by atoms with E-state index in [0.29, 0.717) is 23.0 Å². The third-order valence-corrected chi connectivity index (χ3v) is 8.95. The van der Waals surface area contributed by atoms with Crippen LogP contribution < -0.4 is 0 Å². The van der Waals surface area contributed by atoms with Gasteiger partial charge in [0.05, 0.1) is 22.7 Å². The predicted octanol–water partition coefficient (Wildman–Crippen LogP) is 10.7. The number of fused-ring (bicyclic) bond motifs is 1. The van der Waals surface area contributed by atoms with E-state index in [1.54, 1.807) is 0 Å². The number of rotatable bonds is 6. The summed E-state index contributed by atoms with van der Waals surface area (Å²) in [5.41, 5.74) is 10.6. The highest BCUT2D eigenvalue weighted by atomic mass is 15.1. The molecule has 0 bridgehead atoms. The lowest BCUT2D eigenvalue weighted by atomic mass is 9.95. The minimum Gasteiger partial charge on any atom is -0.296 e. The van der Waals surface area contributed by atoms with Gasteiger partial charge in [-0.3, -0.25) is 4.57 Å². The number of nitriles is 1.